The molecule has 146 valence electrons. The first-order valence-electron chi connectivity index (χ1n) is 8.98. The molecule has 0 amide bonds. The van der Waals surface area contributed by atoms with Crippen molar-refractivity contribution in [1.82, 2.24) is 0 Å². The van der Waals surface area contributed by atoms with Gasteiger partial charge in [-0.05, 0) is 81.1 Å². The molecule has 0 bridgehead atoms. The third kappa shape index (κ3) is 3.17. The average molecular weight is 417 g/mol. The van der Waals surface area contributed by atoms with Gasteiger partial charge in [-0.3, -0.25) is 9.59 Å². The van der Waals surface area contributed by atoms with Crippen LogP contribution in [0.1, 0.15) is 38.8 Å². The Morgan fingerprint density at radius 3 is 1.96 bits per heavy atom. The van der Waals surface area contributed by atoms with E-state index in [0.29, 0.717) is 15.6 Å². The molecule has 1 aliphatic rings. The van der Waals surface area contributed by atoms with Crippen LogP contribution in [0.25, 0.3) is 16.7 Å². The highest BCUT2D eigenvalue weighted by Crippen LogP contribution is 2.47. The Hall–Kier alpha value is -2.10. The van der Waals surface area contributed by atoms with Gasteiger partial charge in [0.25, 0.3) is 0 Å². The van der Waals surface area contributed by atoms with Crippen molar-refractivity contribution in [3.8, 4) is 11.1 Å². The third-order valence-electron chi connectivity index (χ3n) is 5.46. The van der Waals surface area contributed by atoms with Gasteiger partial charge in [0.05, 0.1) is 16.4 Å². The number of hydrogen-bond donors (Lipinski definition) is 1. The van der Waals surface area contributed by atoms with Crippen LogP contribution < -0.4 is 0 Å². The predicted molar refractivity (Wildman–Crippen MR) is 114 cm³/mol. The molecule has 0 aliphatic heterocycles. The monoisotopic (exact) mass is 416 g/mol. The van der Waals surface area contributed by atoms with E-state index in [9.17, 15) is 14.7 Å². The molecule has 0 saturated heterocycles. The maximum atomic E-state index is 13.2. The van der Waals surface area contributed by atoms with Crippen LogP contribution in [0.5, 0.6) is 0 Å². The van der Waals surface area contributed by atoms with Crippen LogP contribution in [0.4, 0.5) is 0 Å². The Bertz CT molecular complexity index is 1030. The zero-order valence-corrected chi connectivity index (χ0v) is 18.0. The minimum atomic E-state index is -1.22. The highest BCUT2D eigenvalue weighted by molar-refractivity contribution is 6.35. The molecular formula is C23H22Cl2O3. The van der Waals surface area contributed by atoms with E-state index < -0.39 is 10.8 Å². The van der Waals surface area contributed by atoms with Crippen LogP contribution in [-0.2, 0) is 9.59 Å². The Morgan fingerprint density at radius 2 is 1.39 bits per heavy atom. The highest BCUT2D eigenvalue weighted by Gasteiger charge is 2.53. The van der Waals surface area contributed by atoms with Crippen LogP contribution in [0.15, 0.2) is 42.2 Å². The number of hydrogen-bond acceptors (Lipinski definition) is 3. The minimum absolute atomic E-state index is 0.189. The molecule has 0 saturated carbocycles. The number of allylic oxidation sites excluding steroid dienone is 2. The number of benzene rings is 2. The summed E-state index contributed by atoms with van der Waals surface area (Å²) in [6.45, 7) is 8.39. The number of rotatable bonds is 2. The van der Waals surface area contributed by atoms with E-state index in [1.807, 2.05) is 25.1 Å². The maximum Gasteiger partial charge on any atom is 0.179 e. The lowest BCUT2D eigenvalue weighted by Gasteiger charge is -2.38. The zero-order valence-electron chi connectivity index (χ0n) is 16.5. The first-order chi connectivity index (χ1) is 12.9. The molecule has 1 aliphatic carbocycles. The minimum Gasteiger partial charge on any atom is -0.510 e. The van der Waals surface area contributed by atoms with Crippen LogP contribution in [0.3, 0.4) is 0 Å². The van der Waals surface area contributed by atoms with Crippen molar-refractivity contribution in [3.63, 3.8) is 0 Å². The largest absolute Gasteiger partial charge is 0.510 e. The van der Waals surface area contributed by atoms with Gasteiger partial charge in [-0.25, -0.2) is 0 Å². The first-order valence-corrected chi connectivity index (χ1v) is 9.74. The SMILES string of the molecule is Cc1ccc(-c2cc(Cl)cc(Cl)c2)cc1C1=C(O)C(C)(C)C(=O)C(C)(C)C1=O. The second kappa shape index (κ2) is 6.75. The van der Waals surface area contributed by atoms with Crippen molar-refractivity contribution in [1.29, 1.82) is 0 Å². The van der Waals surface area contributed by atoms with Gasteiger partial charge in [-0.15, -0.1) is 0 Å². The summed E-state index contributed by atoms with van der Waals surface area (Å²) in [4.78, 5) is 26.0. The average Bonchev–Trinajstić information content (AvgIpc) is 2.60. The fourth-order valence-electron chi connectivity index (χ4n) is 3.77. The third-order valence-corrected chi connectivity index (χ3v) is 5.90. The van der Waals surface area contributed by atoms with Crippen molar-refractivity contribution in [3.05, 3.63) is 63.3 Å². The summed E-state index contributed by atoms with van der Waals surface area (Å²) in [5.41, 5.74) is 0.878. The highest BCUT2D eigenvalue weighted by atomic mass is 35.5. The van der Waals surface area contributed by atoms with Gasteiger partial charge in [0.15, 0.2) is 11.6 Å². The molecule has 0 spiro atoms. The zero-order chi connectivity index (χ0) is 21.0. The Balaban J connectivity index is 2.27. The van der Waals surface area contributed by atoms with Crippen molar-refractivity contribution >= 4 is 40.3 Å². The Morgan fingerprint density at radius 1 is 0.821 bits per heavy atom. The standard InChI is InChI=1S/C23H22Cl2O3/c1-12-6-7-13(14-8-15(24)11-16(25)9-14)10-17(12)18-19(26)22(2,3)21(28)23(4,5)20(18)27/h6-11,26H,1-5H3. The molecular weight excluding hydrogens is 395 g/mol. The van der Waals surface area contributed by atoms with E-state index in [1.165, 1.54) is 0 Å². The summed E-state index contributed by atoms with van der Waals surface area (Å²) in [5, 5.41) is 11.9. The summed E-state index contributed by atoms with van der Waals surface area (Å²) in [5.74, 6) is -0.855. The number of aryl methyl sites for hydroxylation is 1. The second-order valence-corrected chi connectivity index (χ2v) is 9.19. The van der Waals surface area contributed by atoms with Crippen LogP contribution in [0, 0.1) is 17.8 Å². The summed E-state index contributed by atoms with van der Waals surface area (Å²) >= 11 is 12.3. The Kier molecular flexibility index (Phi) is 4.97. The molecule has 0 aromatic heterocycles. The van der Waals surface area contributed by atoms with Crippen molar-refractivity contribution < 1.29 is 14.7 Å². The van der Waals surface area contributed by atoms with Gasteiger partial charge in [0, 0.05) is 10.0 Å². The quantitative estimate of drug-likeness (QED) is 0.572. The van der Waals surface area contributed by atoms with Crippen LogP contribution in [0.2, 0.25) is 10.0 Å². The van der Waals surface area contributed by atoms with Crippen molar-refractivity contribution in [2.45, 2.75) is 34.6 Å². The molecule has 2 aromatic carbocycles. The summed E-state index contributed by atoms with van der Waals surface area (Å²) < 4.78 is 0. The van der Waals surface area contributed by atoms with Gasteiger partial charge in [0.2, 0.25) is 0 Å². The molecule has 3 nitrogen and oxygen atoms in total. The normalized spacial score (nSPS) is 18.5. The lowest BCUT2D eigenvalue weighted by molar-refractivity contribution is -0.143. The van der Waals surface area contributed by atoms with E-state index in [1.54, 1.807) is 45.9 Å². The Labute approximate surface area is 175 Å². The topological polar surface area (TPSA) is 54.4 Å². The van der Waals surface area contributed by atoms with Gasteiger partial charge in [-0.2, -0.15) is 0 Å². The van der Waals surface area contributed by atoms with Crippen LogP contribution >= 0.6 is 23.2 Å². The number of aliphatic hydroxyl groups is 1. The maximum absolute atomic E-state index is 13.2. The lowest BCUT2D eigenvalue weighted by Crippen LogP contribution is -2.48. The number of ketones is 2. The molecule has 5 heteroatoms. The molecule has 0 unspecified atom stereocenters. The summed E-state index contributed by atoms with van der Waals surface area (Å²) in [6, 6.07) is 10.9. The molecule has 0 radical (unpaired) electrons. The lowest BCUT2D eigenvalue weighted by atomic mass is 9.62. The van der Waals surface area contributed by atoms with E-state index >= 15 is 0 Å². The number of halogens is 2. The van der Waals surface area contributed by atoms with E-state index in [0.717, 1.165) is 16.7 Å². The van der Waals surface area contributed by atoms with E-state index in [4.69, 9.17) is 23.2 Å². The fourth-order valence-corrected chi connectivity index (χ4v) is 4.29. The summed E-state index contributed by atoms with van der Waals surface area (Å²) in [7, 11) is 0. The molecule has 0 atom stereocenters. The van der Waals surface area contributed by atoms with Gasteiger partial charge in [-0.1, -0.05) is 35.3 Å². The van der Waals surface area contributed by atoms with Gasteiger partial charge in [0.1, 0.15) is 5.76 Å². The van der Waals surface area contributed by atoms with Gasteiger partial charge < -0.3 is 5.11 Å². The molecule has 0 heterocycles. The first kappa shape index (κ1) is 20.6. The second-order valence-electron chi connectivity index (χ2n) is 8.32. The molecule has 0 fully saturated rings. The number of aliphatic hydroxyl groups excluding tert-OH is 1. The van der Waals surface area contributed by atoms with E-state index in [2.05, 4.69) is 0 Å². The smallest absolute Gasteiger partial charge is 0.179 e. The number of carbonyl (C=O) groups is 2. The number of Topliss-reactive ketones (excluding diaryl/α,β-unsaturated/α-hetero) is 2. The predicted octanol–water partition coefficient (Wildman–Crippen LogP) is 6.44. The molecule has 3 rings (SSSR count). The molecule has 2 aromatic rings. The van der Waals surface area contributed by atoms with Crippen LogP contribution in [-0.4, -0.2) is 16.7 Å². The summed E-state index contributed by atoms with van der Waals surface area (Å²) in [6.07, 6.45) is 0. The molecule has 1 N–H and O–H groups in total. The van der Waals surface area contributed by atoms with Crippen molar-refractivity contribution in [2.24, 2.45) is 10.8 Å². The molecule has 28 heavy (non-hydrogen) atoms. The number of carbonyl (C=O) groups excluding carboxylic acids is 2. The van der Waals surface area contributed by atoms with Gasteiger partial charge >= 0.3 is 0 Å². The van der Waals surface area contributed by atoms with Crippen molar-refractivity contribution in [2.75, 3.05) is 0 Å². The fraction of sp³-hybridized carbons (Fsp3) is 0.304. The van der Waals surface area contributed by atoms with E-state index in [-0.39, 0.29) is 22.9 Å².